The normalized spacial score (nSPS) is 12.9. The number of rotatable bonds is 4. The SMILES string of the molecule is Cc1ccc(-n2cncc2C(CN)C(C)C)c(Cl)c1. The number of aryl methyl sites for hydroxylation is 1. The Kier molecular flexibility index (Phi) is 4.27. The van der Waals surface area contributed by atoms with Crippen molar-refractivity contribution in [2.45, 2.75) is 26.7 Å². The van der Waals surface area contributed by atoms with Gasteiger partial charge in [-0.2, -0.15) is 0 Å². The average molecular weight is 278 g/mol. The van der Waals surface area contributed by atoms with Crippen LogP contribution in [0.3, 0.4) is 0 Å². The van der Waals surface area contributed by atoms with Gasteiger partial charge >= 0.3 is 0 Å². The lowest BCUT2D eigenvalue weighted by molar-refractivity contribution is 0.490. The van der Waals surface area contributed by atoms with Gasteiger partial charge in [0.1, 0.15) is 0 Å². The Labute approximate surface area is 119 Å². The van der Waals surface area contributed by atoms with E-state index in [0.717, 1.165) is 22.0 Å². The van der Waals surface area contributed by atoms with Gasteiger partial charge in [-0.3, -0.25) is 0 Å². The maximum atomic E-state index is 6.34. The van der Waals surface area contributed by atoms with Gasteiger partial charge < -0.3 is 10.3 Å². The van der Waals surface area contributed by atoms with Crippen LogP contribution in [0, 0.1) is 12.8 Å². The molecule has 0 saturated heterocycles. The smallest absolute Gasteiger partial charge is 0.0994 e. The van der Waals surface area contributed by atoms with Crippen LogP contribution in [0.5, 0.6) is 0 Å². The minimum atomic E-state index is 0.278. The number of nitrogens with zero attached hydrogens (tertiary/aromatic N) is 2. The lowest BCUT2D eigenvalue weighted by atomic mass is 9.93. The van der Waals surface area contributed by atoms with E-state index in [1.807, 2.05) is 29.8 Å². The summed E-state index contributed by atoms with van der Waals surface area (Å²) in [6.07, 6.45) is 3.69. The highest BCUT2D eigenvalue weighted by Gasteiger charge is 2.19. The van der Waals surface area contributed by atoms with E-state index in [-0.39, 0.29) is 5.92 Å². The van der Waals surface area contributed by atoms with Crippen LogP contribution in [-0.2, 0) is 0 Å². The number of hydrogen-bond acceptors (Lipinski definition) is 2. The molecule has 0 bridgehead atoms. The quantitative estimate of drug-likeness (QED) is 0.929. The van der Waals surface area contributed by atoms with Crippen molar-refractivity contribution in [3.63, 3.8) is 0 Å². The maximum absolute atomic E-state index is 6.34. The van der Waals surface area contributed by atoms with Crippen LogP contribution in [0.25, 0.3) is 5.69 Å². The lowest BCUT2D eigenvalue weighted by Gasteiger charge is -2.21. The summed E-state index contributed by atoms with van der Waals surface area (Å²) in [5.41, 5.74) is 9.12. The molecule has 0 aliphatic carbocycles. The summed E-state index contributed by atoms with van der Waals surface area (Å²) in [6, 6.07) is 6.04. The fourth-order valence-electron chi connectivity index (χ4n) is 2.32. The molecular formula is C15H20ClN3. The summed E-state index contributed by atoms with van der Waals surface area (Å²) in [5, 5.41) is 0.735. The van der Waals surface area contributed by atoms with Crippen molar-refractivity contribution in [3.8, 4) is 5.69 Å². The average Bonchev–Trinajstić information content (AvgIpc) is 2.78. The largest absolute Gasteiger partial charge is 0.330 e. The van der Waals surface area contributed by atoms with Crippen molar-refractivity contribution in [2.75, 3.05) is 6.54 Å². The Morgan fingerprint density at radius 2 is 2.11 bits per heavy atom. The number of hydrogen-bond donors (Lipinski definition) is 1. The third-order valence-electron chi connectivity index (χ3n) is 3.47. The van der Waals surface area contributed by atoms with E-state index >= 15 is 0 Å². The van der Waals surface area contributed by atoms with Gasteiger partial charge in [-0.05, 0) is 30.5 Å². The zero-order valence-corrected chi connectivity index (χ0v) is 12.4. The van der Waals surface area contributed by atoms with Gasteiger partial charge in [-0.1, -0.05) is 31.5 Å². The van der Waals surface area contributed by atoms with Crippen molar-refractivity contribution in [2.24, 2.45) is 11.7 Å². The molecule has 3 nitrogen and oxygen atoms in total. The monoisotopic (exact) mass is 277 g/mol. The second-order valence-electron chi connectivity index (χ2n) is 5.23. The van der Waals surface area contributed by atoms with E-state index in [0.29, 0.717) is 12.5 Å². The highest BCUT2D eigenvalue weighted by atomic mass is 35.5. The van der Waals surface area contributed by atoms with Gasteiger partial charge in [0.05, 0.1) is 17.0 Å². The second kappa shape index (κ2) is 5.76. The molecular weight excluding hydrogens is 258 g/mol. The predicted octanol–water partition coefficient (Wildman–Crippen LogP) is 3.53. The molecule has 2 N–H and O–H groups in total. The predicted molar refractivity (Wildman–Crippen MR) is 79.9 cm³/mol. The van der Waals surface area contributed by atoms with Crippen LogP contribution < -0.4 is 5.73 Å². The Morgan fingerprint density at radius 3 is 2.68 bits per heavy atom. The number of benzene rings is 1. The van der Waals surface area contributed by atoms with Crippen LogP contribution in [0.1, 0.15) is 31.0 Å². The van der Waals surface area contributed by atoms with E-state index in [4.69, 9.17) is 17.3 Å². The summed E-state index contributed by atoms with van der Waals surface area (Å²) in [6.45, 7) is 6.98. The van der Waals surface area contributed by atoms with Crippen LogP contribution in [0.4, 0.5) is 0 Å². The van der Waals surface area contributed by atoms with Gasteiger partial charge in [-0.25, -0.2) is 4.98 Å². The highest BCUT2D eigenvalue weighted by molar-refractivity contribution is 6.32. The molecule has 1 heterocycles. The molecule has 0 radical (unpaired) electrons. The molecule has 102 valence electrons. The molecule has 1 aromatic carbocycles. The summed E-state index contributed by atoms with van der Waals surface area (Å²) in [5.74, 6) is 0.740. The molecule has 1 atom stereocenters. The molecule has 0 fully saturated rings. The molecule has 0 aliphatic heterocycles. The lowest BCUT2D eigenvalue weighted by Crippen LogP contribution is -2.20. The molecule has 2 rings (SSSR count). The number of aromatic nitrogens is 2. The zero-order chi connectivity index (χ0) is 14.0. The summed E-state index contributed by atoms with van der Waals surface area (Å²) >= 11 is 6.34. The zero-order valence-electron chi connectivity index (χ0n) is 11.6. The van der Waals surface area contributed by atoms with Crippen molar-refractivity contribution < 1.29 is 0 Å². The minimum Gasteiger partial charge on any atom is -0.330 e. The number of nitrogens with two attached hydrogens (primary N) is 1. The van der Waals surface area contributed by atoms with E-state index in [2.05, 4.69) is 24.9 Å². The summed E-state index contributed by atoms with van der Waals surface area (Å²) in [4.78, 5) is 4.26. The van der Waals surface area contributed by atoms with E-state index in [1.54, 1.807) is 6.33 Å². The second-order valence-corrected chi connectivity index (χ2v) is 5.64. The van der Waals surface area contributed by atoms with Crippen LogP contribution in [0.15, 0.2) is 30.7 Å². The van der Waals surface area contributed by atoms with Crippen LogP contribution in [0.2, 0.25) is 5.02 Å². The van der Waals surface area contributed by atoms with E-state index in [1.165, 1.54) is 0 Å². The molecule has 0 spiro atoms. The van der Waals surface area contributed by atoms with Crippen molar-refractivity contribution in [3.05, 3.63) is 47.0 Å². The fraction of sp³-hybridized carbons (Fsp3) is 0.400. The first-order valence-electron chi connectivity index (χ1n) is 6.53. The number of halogens is 1. The van der Waals surface area contributed by atoms with E-state index in [9.17, 15) is 0 Å². The first kappa shape index (κ1) is 14.1. The van der Waals surface area contributed by atoms with Gasteiger partial charge in [0, 0.05) is 24.4 Å². The molecule has 0 aliphatic rings. The molecule has 0 saturated carbocycles. The standard InChI is InChI=1S/C15H20ClN3/c1-10(2)12(7-17)15-8-18-9-19(15)14-5-4-11(3)6-13(14)16/h4-6,8-10,12H,7,17H2,1-3H3. The fourth-order valence-corrected chi connectivity index (χ4v) is 2.65. The summed E-state index contributed by atoms with van der Waals surface area (Å²) in [7, 11) is 0. The Hall–Kier alpha value is -1.32. The van der Waals surface area contributed by atoms with Crippen LogP contribution >= 0.6 is 11.6 Å². The summed E-state index contributed by atoms with van der Waals surface area (Å²) < 4.78 is 2.04. The molecule has 2 aromatic rings. The molecule has 1 unspecified atom stereocenters. The molecule has 0 amide bonds. The van der Waals surface area contributed by atoms with Gasteiger partial charge in [0.2, 0.25) is 0 Å². The number of imidazole rings is 1. The van der Waals surface area contributed by atoms with E-state index < -0.39 is 0 Å². The maximum Gasteiger partial charge on any atom is 0.0994 e. The van der Waals surface area contributed by atoms with Gasteiger partial charge in [0.25, 0.3) is 0 Å². The third kappa shape index (κ3) is 2.82. The van der Waals surface area contributed by atoms with Gasteiger partial charge in [0.15, 0.2) is 0 Å². The Balaban J connectivity index is 2.49. The molecule has 1 aromatic heterocycles. The van der Waals surface area contributed by atoms with Crippen molar-refractivity contribution in [1.82, 2.24) is 9.55 Å². The molecule has 19 heavy (non-hydrogen) atoms. The van der Waals surface area contributed by atoms with Crippen molar-refractivity contribution in [1.29, 1.82) is 0 Å². The molecule has 4 heteroatoms. The third-order valence-corrected chi connectivity index (χ3v) is 3.77. The van der Waals surface area contributed by atoms with Crippen LogP contribution in [-0.4, -0.2) is 16.1 Å². The minimum absolute atomic E-state index is 0.278. The Morgan fingerprint density at radius 1 is 1.37 bits per heavy atom. The van der Waals surface area contributed by atoms with Crippen molar-refractivity contribution >= 4 is 11.6 Å². The first-order valence-corrected chi connectivity index (χ1v) is 6.91. The topological polar surface area (TPSA) is 43.8 Å². The highest BCUT2D eigenvalue weighted by Crippen LogP contribution is 2.28. The first-order chi connectivity index (χ1) is 9.04. The van der Waals surface area contributed by atoms with Gasteiger partial charge in [-0.15, -0.1) is 0 Å². The Bertz CT molecular complexity index is 560.